The molecule has 2 aromatic carbocycles. The van der Waals surface area contributed by atoms with Gasteiger partial charge in [0.1, 0.15) is 6.61 Å². The Morgan fingerprint density at radius 2 is 1.94 bits per heavy atom. The minimum atomic E-state index is -0.711. The minimum Gasteiger partial charge on any atom is -0.462 e. The maximum Gasteiger partial charge on any atom is 0.338 e. The van der Waals surface area contributed by atoms with Crippen LogP contribution in [0, 0.1) is 6.92 Å². The Kier molecular flexibility index (Phi) is 6.98. The van der Waals surface area contributed by atoms with Crippen LogP contribution in [0.1, 0.15) is 61.6 Å². The fourth-order valence-electron chi connectivity index (χ4n) is 5.17. The molecule has 0 aromatic heterocycles. The lowest BCUT2D eigenvalue weighted by atomic mass is 9.95. The fraction of sp³-hybridized carbons (Fsp3) is 0.429. The van der Waals surface area contributed by atoms with Gasteiger partial charge in [0.15, 0.2) is 0 Å². The molecule has 0 spiro atoms. The van der Waals surface area contributed by atoms with Gasteiger partial charge in [-0.3, -0.25) is 0 Å². The third-order valence-electron chi connectivity index (χ3n) is 7.27. The van der Waals surface area contributed by atoms with Crippen LogP contribution in [0.3, 0.4) is 0 Å². The lowest BCUT2D eigenvalue weighted by molar-refractivity contribution is 0.0112. The molecule has 0 amide bonds. The molecule has 3 aliphatic heterocycles. The molecule has 1 fully saturated rings. The van der Waals surface area contributed by atoms with Gasteiger partial charge in [-0.25, -0.2) is 9.59 Å². The Balaban J connectivity index is 1.22. The molecular formula is C28H32N2O6. The predicted octanol–water partition coefficient (Wildman–Crippen LogP) is 2.81. The second-order valence-electron chi connectivity index (χ2n) is 9.63. The fourth-order valence-corrected chi connectivity index (χ4v) is 5.17. The zero-order valence-corrected chi connectivity index (χ0v) is 20.7. The van der Waals surface area contributed by atoms with E-state index in [1.165, 1.54) is 5.56 Å². The summed E-state index contributed by atoms with van der Waals surface area (Å²) in [5, 5.41) is 14.5. The Hall–Kier alpha value is -3.36. The van der Waals surface area contributed by atoms with Gasteiger partial charge in [0.05, 0.1) is 42.7 Å². The van der Waals surface area contributed by atoms with Gasteiger partial charge in [-0.1, -0.05) is 18.2 Å². The van der Waals surface area contributed by atoms with Gasteiger partial charge in [0, 0.05) is 37.3 Å². The van der Waals surface area contributed by atoms with Crippen molar-refractivity contribution in [3.8, 4) is 0 Å². The van der Waals surface area contributed by atoms with E-state index in [0.29, 0.717) is 37.5 Å². The number of morpholine rings is 1. The standard InChI is InChI=1S/C28H32N2O6/c1-17-14-34-15-21(12-29-9-7-19-3-4-23-20(11-19)8-10-35-27(23)32)30(17)13-26(31)22-5-6-24-25(18(22)2)16-36-28(24)33/h3-6,11-12,17,26,29,31H,7-10,13-16H2,1-2H3/b21-12+. The summed E-state index contributed by atoms with van der Waals surface area (Å²) in [5.41, 5.74) is 7.05. The van der Waals surface area contributed by atoms with Crippen LogP contribution in [0.25, 0.3) is 0 Å². The van der Waals surface area contributed by atoms with E-state index in [-0.39, 0.29) is 24.6 Å². The first-order valence-corrected chi connectivity index (χ1v) is 12.5. The number of hydrogen-bond donors (Lipinski definition) is 2. The quantitative estimate of drug-likeness (QED) is 0.450. The first-order chi connectivity index (χ1) is 17.4. The Bertz CT molecular complexity index is 1210. The highest BCUT2D eigenvalue weighted by Crippen LogP contribution is 2.30. The van der Waals surface area contributed by atoms with Gasteiger partial charge in [-0.05, 0) is 54.7 Å². The molecule has 2 aromatic rings. The molecule has 8 heteroatoms. The van der Waals surface area contributed by atoms with E-state index in [1.54, 1.807) is 6.07 Å². The summed E-state index contributed by atoms with van der Waals surface area (Å²) < 4.78 is 16.0. The highest BCUT2D eigenvalue weighted by Gasteiger charge is 2.29. The molecule has 5 rings (SSSR count). The molecule has 8 nitrogen and oxygen atoms in total. The molecule has 2 unspecified atom stereocenters. The minimum absolute atomic E-state index is 0.112. The number of benzene rings is 2. The molecule has 2 atom stereocenters. The van der Waals surface area contributed by atoms with Gasteiger partial charge in [-0.2, -0.15) is 0 Å². The third kappa shape index (κ3) is 4.83. The molecule has 0 saturated carbocycles. The lowest BCUT2D eigenvalue weighted by Crippen LogP contribution is -2.44. The van der Waals surface area contributed by atoms with Crippen LogP contribution in [0.4, 0.5) is 0 Å². The molecule has 3 heterocycles. The van der Waals surface area contributed by atoms with Gasteiger partial charge in [-0.15, -0.1) is 0 Å². The van der Waals surface area contributed by atoms with Crippen molar-refractivity contribution in [2.45, 2.75) is 45.4 Å². The van der Waals surface area contributed by atoms with Crippen molar-refractivity contribution in [1.29, 1.82) is 0 Å². The van der Waals surface area contributed by atoms with Crippen LogP contribution in [0.5, 0.6) is 0 Å². The lowest BCUT2D eigenvalue weighted by Gasteiger charge is -2.39. The zero-order chi connectivity index (χ0) is 25.2. The number of hydrogen-bond acceptors (Lipinski definition) is 8. The summed E-state index contributed by atoms with van der Waals surface area (Å²) in [6.07, 6.45) is 2.84. The number of carbonyl (C=O) groups excluding carboxylic acids is 2. The average Bonchev–Trinajstić information content (AvgIpc) is 3.25. The van der Waals surface area contributed by atoms with Crippen molar-refractivity contribution < 1.29 is 28.9 Å². The van der Waals surface area contributed by atoms with E-state index in [9.17, 15) is 14.7 Å². The van der Waals surface area contributed by atoms with Gasteiger partial charge >= 0.3 is 11.9 Å². The van der Waals surface area contributed by atoms with E-state index in [2.05, 4.69) is 23.2 Å². The molecule has 0 aliphatic carbocycles. The number of esters is 2. The summed E-state index contributed by atoms with van der Waals surface area (Å²) in [6.45, 7) is 6.94. The normalized spacial score (nSPS) is 21.0. The monoisotopic (exact) mass is 492 g/mol. The molecule has 1 saturated heterocycles. The van der Waals surface area contributed by atoms with E-state index in [0.717, 1.165) is 47.3 Å². The van der Waals surface area contributed by atoms with Crippen molar-refractivity contribution in [3.05, 3.63) is 81.2 Å². The van der Waals surface area contributed by atoms with Gasteiger partial charge in [0.2, 0.25) is 0 Å². The average molecular weight is 493 g/mol. The third-order valence-corrected chi connectivity index (χ3v) is 7.27. The molecular weight excluding hydrogens is 460 g/mol. The maximum absolute atomic E-state index is 11.9. The van der Waals surface area contributed by atoms with Crippen molar-refractivity contribution in [1.82, 2.24) is 10.2 Å². The van der Waals surface area contributed by atoms with Crippen molar-refractivity contribution in [3.63, 3.8) is 0 Å². The molecule has 0 radical (unpaired) electrons. The molecule has 0 bridgehead atoms. The Morgan fingerprint density at radius 3 is 2.81 bits per heavy atom. The molecule has 3 aliphatic rings. The van der Waals surface area contributed by atoms with Gasteiger partial charge < -0.3 is 29.5 Å². The predicted molar refractivity (Wildman–Crippen MR) is 132 cm³/mol. The van der Waals surface area contributed by atoms with Crippen LogP contribution < -0.4 is 5.32 Å². The second kappa shape index (κ2) is 10.3. The van der Waals surface area contributed by atoms with Gasteiger partial charge in [0.25, 0.3) is 0 Å². The number of cyclic esters (lactones) is 2. The Morgan fingerprint density at radius 1 is 1.14 bits per heavy atom. The number of fused-ring (bicyclic) bond motifs is 2. The first-order valence-electron chi connectivity index (χ1n) is 12.5. The summed E-state index contributed by atoms with van der Waals surface area (Å²) in [7, 11) is 0. The molecule has 2 N–H and O–H groups in total. The van der Waals surface area contributed by atoms with Crippen molar-refractivity contribution in [2.75, 3.05) is 32.9 Å². The number of ether oxygens (including phenoxy) is 3. The van der Waals surface area contributed by atoms with Crippen molar-refractivity contribution >= 4 is 11.9 Å². The SMILES string of the molecule is Cc1c(C(O)CN2/C(=C/NCCc3ccc4c(c3)CCOC4=O)COCC2C)ccc2c1COC2=O. The van der Waals surface area contributed by atoms with Crippen LogP contribution in [0.2, 0.25) is 0 Å². The number of rotatable bonds is 7. The number of nitrogens with zero attached hydrogens (tertiary/aromatic N) is 1. The van der Waals surface area contributed by atoms with Crippen LogP contribution >= 0.6 is 0 Å². The van der Waals surface area contributed by atoms with E-state index >= 15 is 0 Å². The van der Waals surface area contributed by atoms with Crippen molar-refractivity contribution in [2.24, 2.45) is 0 Å². The number of aliphatic hydroxyl groups excluding tert-OH is 1. The molecule has 190 valence electrons. The van der Waals surface area contributed by atoms with E-state index in [1.807, 2.05) is 31.3 Å². The smallest absolute Gasteiger partial charge is 0.338 e. The number of aliphatic hydroxyl groups is 1. The molecule has 36 heavy (non-hydrogen) atoms. The highest BCUT2D eigenvalue weighted by atomic mass is 16.5. The second-order valence-corrected chi connectivity index (χ2v) is 9.63. The van der Waals surface area contributed by atoms with Crippen LogP contribution in [-0.4, -0.2) is 60.9 Å². The summed E-state index contributed by atoms with van der Waals surface area (Å²) in [4.78, 5) is 25.9. The number of β-amino-alcohol motifs (C(OH)–C–C–N with tert-alkyl or cyclic N) is 1. The van der Waals surface area contributed by atoms with Crippen LogP contribution in [0.15, 0.2) is 42.2 Å². The van der Waals surface area contributed by atoms with Crippen LogP contribution in [-0.2, 0) is 33.7 Å². The summed E-state index contributed by atoms with van der Waals surface area (Å²) in [5.74, 6) is -0.540. The zero-order valence-electron chi connectivity index (χ0n) is 20.7. The van der Waals surface area contributed by atoms with E-state index in [4.69, 9.17) is 14.2 Å². The number of carbonyl (C=O) groups is 2. The first kappa shape index (κ1) is 24.3. The number of nitrogens with one attached hydrogen (secondary N) is 1. The maximum atomic E-state index is 11.9. The highest BCUT2D eigenvalue weighted by molar-refractivity contribution is 5.94. The summed E-state index contributed by atoms with van der Waals surface area (Å²) >= 11 is 0. The topological polar surface area (TPSA) is 97.3 Å². The largest absolute Gasteiger partial charge is 0.462 e. The van der Waals surface area contributed by atoms with E-state index < -0.39 is 6.10 Å². The Labute approximate surface area is 210 Å². The summed E-state index contributed by atoms with van der Waals surface area (Å²) in [6, 6.07) is 9.62.